The minimum Gasteiger partial charge on any atom is -0.464 e. The first-order chi connectivity index (χ1) is 16.9. The Morgan fingerprint density at radius 2 is 1.97 bits per heavy atom. The highest BCUT2D eigenvalue weighted by Crippen LogP contribution is 2.36. The molecule has 4 aromatic rings. The summed E-state index contributed by atoms with van der Waals surface area (Å²) < 4.78 is 5.39. The molecular formula is C23H14Cl2N6O2S2. The number of thiazole rings is 1. The number of nitriles is 2. The van der Waals surface area contributed by atoms with Gasteiger partial charge in [0, 0.05) is 23.1 Å². The van der Waals surface area contributed by atoms with E-state index in [1.165, 1.54) is 29.4 Å². The van der Waals surface area contributed by atoms with E-state index in [0.29, 0.717) is 37.4 Å². The second-order valence-corrected chi connectivity index (χ2v) is 9.70. The fourth-order valence-electron chi connectivity index (χ4n) is 3.11. The van der Waals surface area contributed by atoms with E-state index in [1.54, 1.807) is 30.3 Å². The lowest BCUT2D eigenvalue weighted by Gasteiger charge is -2.11. The van der Waals surface area contributed by atoms with Gasteiger partial charge in [0.1, 0.15) is 34.3 Å². The van der Waals surface area contributed by atoms with Crippen LogP contribution in [-0.2, 0) is 4.79 Å². The van der Waals surface area contributed by atoms with Crippen molar-refractivity contribution in [2.75, 3.05) is 16.8 Å². The zero-order chi connectivity index (χ0) is 24.9. The summed E-state index contributed by atoms with van der Waals surface area (Å²) in [5, 5.41) is 25.4. The van der Waals surface area contributed by atoms with Crippen LogP contribution >= 0.6 is 46.3 Å². The maximum Gasteiger partial charge on any atom is 0.226 e. The van der Waals surface area contributed by atoms with E-state index in [9.17, 15) is 15.3 Å². The van der Waals surface area contributed by atoms with E-state index in [4.69, 9.17) is 33.4 Å². The van der Waals surface area contributed by atoms with E-state index in [1.807, 2.05) is 11.4 Å². The quantitative estimate of drug-likeness (QED) is 0.263. The fourth-order valence-corrected chi connectivity index (χ4v) is 5.08. The normalized spacial score (nSPS) is 10.5. The number of nitrogen functional groups attached to an aromatic ring is 1. The number of aromatic nitrogens is 2. The average Bonchev–Trinajstić information content (AvgIpc) is 3.53. The first-order valence-electron chi connectivity index (χ1n) is 9.92. The number of rotatable bonds is 7. The standard InChI is InChI=1S/C23H14Cl2N6O2S2/c24-15-4-3-12(8-16(15)25)17-11-35-23(29-17)30-19(32)5-7-34-22-14(10-27)20(18-2-1-6-33-18)13(9-26)21(28)31-22/h1-4,6,8,11H,5,7H2,(H2,28,31)(H,29,30,32). The van der Waals surface area contributed by atoms with Crippen LogP contribution in [0, 0.1) is 22.7 Å². The highest BCUT2D eigenvalue weighted by molar-refractivity contribution is 7.99. The van der Waals surface area contributed by atoms with Crippen molar-refractivity contribution in [1.82, 2.24) is 9.97 Å². The lowest BCUT2D eigenvalue weighted by molar-refractivity contribution is -0.115. The number of halogens is 2. The number of furan rings is 1. The minimum atomic E-state index is -0.251. The number of carbonyl (C=O) groups is 1. The van der Waals surface area contributed by atoms with Gasteiger partial charge >= 0.3 is 0 Å². The molecule has 174 valence electrons. The van der Waals surface area contributed by atoms with E-state index < -0.39 is 0 Å². The zero-order valence-corrected chi connectivity index (χ0v) is 20.9. The largest absolute Gasteiger partial charge is 0.464 e. The van der Waals surface area contributed by atoms with E-state index in [0.717, 1.165) is 5.56 Å². The third-order valence-electron chi connectivity index (χ3n) is 4.72. The van der Waals surface area contributed by atoms with E-state index in [2.05, 4.69) is 21.4 Å². The van der Waals surface area contributed by atoms with Gasteiger partial charge in [-0.1, -0.05) is 29.3 Å². The topological polar surface area (TPSA) is 142 Å². The van der Waals surface area contributed by atoms with Gasteiger partial charge in [-0.25, -0.2) is 9.97 Å². The SMILES string of the molecule is N#Cc1c(N)nc(SCCC(=O)Nc2nc(-c3ccc(Cl)c(Cl)c3)cs2)c(C#N)c1-c1ccco1. The van der Waals surface area contributed by atoms with Crippen molar-refractivity contribution in [3.05, 3.63) is 63.1 Å². The molecule has 0 unspecified atom stereocenters. The van der Waals surface area contributed by atoms with Crippen molar-refractivity contribution < 1.29 is 9.21 Å². The molecular weight excluding hydrogens is 527 g/mol. The van der Waals surface area contributed by atoms with Crippen LogP contribution in [-0.4, -0.2) is 21.6 Å². The summed E-state index contributed by atoms with van der Waals surface area (Å²) in [4.78, 5) is 21.1. The van der Waals surface area contributed by atoms with Gasteiger partial charge in [0.05, 0.1) is 33.1 Å². The van der Waals surface area contributed by atoms with Crippen molar-refractivity contribution in [3.8, 4) is 34.7 Å². The molecule has 0 aliphatic carbocycles. The Morgan fingerprint density at radius 3 is 2.66 bits per heavy atom. The molecule has 0 saturated carbocycles. The number of pyridine rings is 1. The molecule has 35 heavy (non-hydrogen) atoms. The maximum absolute atomic E-state index is 12.5. The van der Waals surface area contributed by atoms with E-state index >= 15 is 0 Å². The molecule has 0 bridgehead atoms. The van der Waals surface area contributed by atoms with Gasteiger partial charge in [-0.3, -0.25) is 4.79 Å². The number of thioether (sulfide) groups is 1. The summed E-state index contributed by atoms with van der Waals surface area (Å²) in [6, 6.07) is 12.5. The number of hydrogen-bond acceptors (Lipinski definition) is 9. The average molecular weight is 541 g/mol. The number of hydrogen-bond donors (Lipinski definition) is 2. The predicted octanol–water partition coefficient (Wildman–Crippen LogP) is 6.22. The third kappa shape index (κ3) is 5.42. The molecule has 4 rings (SSSR count). The van der Waals surface area contributed by atoms with Crippen molar-refractivity contribution in [2.45, 2.75) is 11.4 Å². The van der Waals surface area contributed by atoms with Gasteiger partial charge in [-0.15, -0.1) is 23.1 Å². The molecule has 1 aromatic carbocycles. The number of nitrogens with two attached hydrogens (primary N) is 1. The highest BCUT2D eigenvalue weighted by atomic mass is 35.5. The Balaban J connectivity index is 1.43. The molecule has 0 aliphatic rings. The lowest BCUT2D eigenvalue weighted by atomic mass is 10.0. The Hall–Kier alpha value is -3.54. The summed E-state index contributed by atoms with van der Waals surface area (Å²) >= 11 is 14.5. The van der Waals surface area contributed by atoms with Gasteiger partial charge in [0.15, 0.2) is 5.13 Å². The maximum atomic E-state index is 12.5. The van der Waals surface area contributed by atoms with Crippen molar-refractivity contribution in [3.63, 3.8) is 0 Å². The van der Waals surface area contributed by atoms with Crippen LogP contribution in [0.1, 0.15) is 17.5 Å². The molecule has 0 fully saturated rings. The molecule has 3 N–H and O–H groups in total. The molecule has 8 nitrogen and oxygen atoms in total. The van der Waals surface area contributed by atoms with Crippen LogP contribution in [0.2, 0.25) is 10.0 Å². The van der Waals surface area contributed by atoms with Gasteiger partial charge in [0.25, 0.3) is 0 Å². The van der Waals surface area contributed by atoms with Gasteiger partial charge in [-0.05, 0) is 24.3 Å². The predicted molar refractivity (Wildman–Crippen MR) is 137 cm³/mol. The van der Waals surface area contributed by atoms with Crippen molar-refractivity contribution in [2.24, 2.45) is 0 Å². The molecule has 12 heteroatoms. The Bertz CT molecular complexity index is 1490. The van der Waals surface area contributed by atoms with Crippen LogP contribution < -0.4 is 11.1 Å². The third-order valence-corrected chi connectivity index (χ3v) is 7.19. The Morgan fingerprint density at radius 1 is 1.17 bits per heavy atom. The second kappa shape index (κ2) is 10.8. The Labute approximate surface area is 218 Å². The van der Waals surface area contributed by atoms with Crippen molar-refractivity contribution >= 4 is 63.2 Å². The molecule has 0 aliphatic heterocycles. The summed E-state index contributed by atoms with van der Waals surface area (Å²) in [6.07, 6.45) is 1.58. The van der Waals surface area contributed by atoms with Gasteiger partial charge in [-0.2, -0.15) is 10.5 Å². The second-order valence-electron chi connectivity index (χ2n) is 6.94. The molecule has 0 radical (unpaired) electrons. The fraction of sp³-hybridized carbons (Fsp3) is 0.0870. The number of anilines is 2. The van der Waals surface area contributed by atoms with Crippen LogP contribution in [0.15, 0.2) is 51.4 Å². The van der Waals surface area contributed by atoms with Gasteiger partial charge in [0.2, 0.25) is 5.91 Å². The summed E-state index contributed by atoms with van der Waals surface area (Å²) in [7, 11) is 0. The zero-order valence-electron chi connectivity index (χ0n) is 17.7. The lowest BCUT2D eigenvalue weighted by Crippen LogP contribution is -2.12. The van der Waals surface area contributed by atoms with Gasteiger partial charge < -0.3 is 15.5 Å². The van der Waals surface area contributed by atoms with Crippen LogP contribution in [0.4, 0.5) is 10.9 Å². The number of amides is 1. The van der Waals surface area contributed by atoms with Crippen molar-refractivity contribution in [1.29, 1.82) is 10.5 Å². The van der Waals surface area contributed by atoms with E-state index in [-0.39, 0.29) is 34.8 Å². The summed E-state index contributed by atoms with van der Waals surface area (Å²) in [6.45, 7) is 0. The summed E-state index contributed by atoms with van der Waals surface area (Å²) in [5.74, 6) is 0.399. The van der Waals surface area contributed by atoms with Crippen LogP contribution in [0.5, 0.6) is 0 Å². The molecule has 0 spiro atoms. The smallest absolute Gasteiger partial charge is 0.226 e. The minimum absolute atomic E-state index is 0.0116. The number of nitrogens with one attached hydrogen (secondary N) is 1. The first kappa shape index (κ1) is 24.6. The first-order valence-corrected chi connectivity index (χ1v) is 12.5. The molecule has 3 heterocycles. The summed E-state index contributed by atoms with van der Waals surface area (Å²) in [5.41, 5.74) is 7.94. The number of nitrogens with zero attached hydrogens (tertiary/aromatic N) is 4. The number of carbonyl (C=O) groups excluding carboxylic acids is 1. The molecule has 0 atom stereocenters. The number of benzene rings is 1. The van der Waals surface area contributed by atoms with Crippen LogP contribution in [0.3, 0.4) is 0 Å². The molecule has 0 saturated heterocycles. The Kier molecular flexibility index (Phi) is 7.59. The highest BCUT2D eigenvalue weighted by Gasteiger charge is 2.22. The monoisotopic (exact) mass is 540 g/mol. The van der Waals surface area contributed by atoms with Crippen LogP contribution in [0.25, 0.3) is 22.6 Å². The molecule has 3 aromatic heterocycles. The molecule has 1 amide bonds.